The van der Waals surface area contributed by atoms with Gasteiger partial charge in [0.25, 0.3) is 0 Å². The molecule has 2 aliphatic carbocycles. The van der Waals surface area contributed by atoms with E-state index in [4.69, 9.17) is 9.72 Å². The minimum Gasteiger partial charge on any atom is -0.490 e. The third-order valence-corrected chi connectivity index (χ3v) is 6.09. The molecule has 0 radical (unpaired) electrons. The molecule has 4 heteroatoms. The van der Waals surface area contributed by atoms with Gasteiger partial charge < -0.3 is 4.74 Å². The molecule has 0 fully saturated rings. The second-order valence-electron chi connectivity index (χ2n) is 7.13. The number of fused-ring (bicyclic) bond motifs is 1. The molecular weight excluding hydrogens is 340 g/mol. The molecule has 1 aromatic carbocycles. The molecule has 2 aliphatic rings. The third kappa shape index (κ3) is 3.20. The van der Waals surface area contributed by atoms with Gasteiger partial charge in [-0.1, -0.05) is 24.3 Å². The highest BCUT2D eigenvalue weighted by Crippen LogP contribution is 2.39. The van der Waals surface area contributed by atoms with Gasteiger partial charge in [0.1, 0.15) is 16.8 Å². The first kappa shape index (κ1) is 17.1. The van der Waals surface area contributed by atoms with Gasteiger partial charge in [-0.15, -0.1) is 11.3 Å². The summed E-state index contributed by atoms with van der Waals surface area (Å²) in [7, 11) is 0. The quantitative estimate of drug-likeness (QED) is 0.717. The van der Waals surface area contributed by atoms with Crippen LogP contribution >= 0.6 is 11.3 Å². The van der Waals surface area contributed by atoms with E-state index in [0.29, 0.717) is 11.3 Å². The number of nitrogens with zero attached hydrogens (tertiary/aromatic N) is 2. The van der Waals surface area contributed by atoms with E-state index in [2.05, 4.69) is 24.3 Å². The Morgan fingerprint density at radius 1 is 1.31 bits per heavy atom. The Morgan fingerprint density at radius 3 is 3.00 bits per heavy atom. The first-order valence-electron chi connectivity index (χ1n) is 9.21. The van der Waals surface area contributed by atoms with E-state index in [0.717, 1.165) is 11.4 Å². The zero-order valence-corrected chi connectivity index (χ0v) is 16.0. The predicted octanol–water partition coefficient (Wildman–Crippen LogP) is 5.54. The topological polar surface area (TPSA) is 45.9 Å². The van der Waals surface area contributed by atoms with Crippen LogP contribution in [0.1, 0.15) is 48.7 Å². The second-order valence-corrected chi connectivity index (χ2v) is 8.19. The van der Waals surface area contributed by atoms with Crippen molar-refractivity contribution in [3.8, 4) is 16.5 Å². The number of hydrogen-bond donors (Lipinski definition) is 0. The summed E-state index contributed by atoms with van der Waals surface area (Å²) in [5.74, 6) is 0.857. The zero-order valence-electron chi connectivity index (χ0n) is 15.2. The van der Waals surface area contributed by atoms with Crippen LogP contribution in [-0.2, 0) is 17.6 Å². The van der Waals surface area contributed by atoms with Crippen LogP contribution in [0.25, 0.3) is 10.4 Å². The van der Waals surface area contributed by atoms with Gasteiger partial charge in [0.05, 0.1) is 16.6 Å². The smallest absolute Gasteiger partial charge is 0.133 e. The van der Waals surface area contributed by atoms with Gasteiger partial charge in [-0.2, -0.15) is 5.26 Å². The summed E-state index contributed by atoms with van der Waals surface area (Å²) in [6.07, 6.45) is 10.5. The summed E-state index contributed by atoms with van der Waals surface area (Å²) in [4.78, 5) is 5.93. The molecule has 2 aromatic rings. The number of allylic oxidation sites excluding steroid dienone is 3. The molecule has 0 aliphatic heterocycles. The maximum absolute atomic E-state index is 9.47. The minimum atomic E-state index is 0.0705. The summed E-state index contributed by atoms with van der Waals surface area (Å²) in [6, 6.07) is 8.90. The molecule has 1 unspecified atom stereocenters. The molecule has 0 N–H and O–H groups in total. The van der Waals surface area contributed by atoms with Crippen molar-refractivity contribution in [2.75, 3.05) is 0 Å². The van der Waals surface area contributed by atoms with Crippen LogP contribution in [0.15, 0.2) is 47.9 Å². The number of thiazole rings is 1. The first-order valence-corrected chi connectivity index (χ1v) is 10.0. The molecule has 132 valence electrons. The van der Waals surface area contributed by atoms with Crippen LogP contribution in [0.5, 0.6) is 0 Å². The number of aromatic nitrogens is 1. The van der Waals surface area contributed by atoms with E-state index in [9.17, 15) is 5.26 Å². The highest BCUT2D eigenvalue weighted by atomic mass is 32.1. The number of rotatable bonds is 4. The van der Waals surface area contributed by atoms with Crippen molar-refractivity contribution < 1.29 is 4.74 Å². The molecule has 0 spiro atoms. The Kier molecular flexibility index (Phi) is 4.65. The average molecular weight is 362 g/mol. The highest BCUT2D eigenvalue weighted by molar-refractivity contribution is 7.15. The molecule has 4 rings (SSSR count). The van der Waals surface area contributed by atoms with E-state index in [1.54, 1.807) is 11.3 Å². The number of nitriles is 1. The highest BCUT2D eigenvalue weighted by Gasteiger charge is 2.23. The maximum Gasteiger partial charge on any atom is 0.133 e. The average Bonchev–Trinajstić information content (AvgIpc) is 3.30. The fraction of sp³-hybridized carbons (Fsp3) is 0.364. The van der Waals surface area contributed by atoms with Gasteiger partial charge >= 0.3 is 0 Å². The molecule has 1 heterocycles. The summed E-state index contributed by atoms with van der Waals surface area (Å²) < 4.78 is 5.76. The Bertz CT molecular complexity index is 930. The lowest BCUT2D eigenvalue weighted by atomic mass is 9.96. The third-order valence-electron chi connectivity index (χ3n) is 4.93. The van der Waals surface area contributed by atoms with Crippen molar-refractivity contribution >= 4 is 11.3 Å². The van der Waals surface area contributed by atoms with Gasteiger partial charge in [-0.05, 0) is 62.3 Å². The lowest BCUT2D eigenvalue weighted by molar-refractivity contribution is 0.153. The molecule has 0 amide bonds. The first-order chi connectivity index (χ1) is 12.7. The normalized spacial score (nSPS) is 18.9. The molecule has 26 heavy (non-hydrogen) atoms. The van der Waals surface area contributed by atoms with Gasteiger partial charge in [0, 0.05) is 12.1 Å². The van der Waals surface area contributed by atoms with Gasteiger partial charge in [0.2, 0.25) is 0 Å². The Balaban J connectivity index is 1.60. The largest absolute Gasteiger partial charge is 0.490 e. The Labute approximate surface area is 158 Å². The van der Waals surface area contributed by atoms with E-state index >= 15 is 0 Å². The predicted molar refractivity (Wildman–Crippen MR) is 105 cm³/mol. The van der Waals surface area contributed by atoms with Crippen LogP contribution in [0.2, 0.25) is 0 Å². The molecule has 0 saturated carbocycles. The van der Waals surface area contributed by atoms with Crippen LogP contribution in [0, 0.1) is 11.3 Å². The van der Waals surface area contributed by atoms with Crippen LogP contribution in [0.3, 0.4) is 0 Å². The molecular formula is C22H22N2OS. The maximum atomic E-state index is 9.47. The van der Waals surface area contributed by atoms with E-state index in [1.165, 1.54) is 40.8 Å². The second kappa shape index (κ2) is 7.09. The van der Waals surface area contributed by atoms with Crippen LogP contribution in [-0.4, -0.2) is 11.1 Å². The minimum absolute atomic E-state index is 0.0705. The SMILES string of the molecule is CC(C)OC1=CCC(c2ncc(-c3cccc4c3CCC4)s2)C=C1C#N. The fourth-order valence-corrected chi connectivity index (χ4v) is 4.81. The monoisotopic (exact) mass is 362 g/mol. The van der Waals surface area contributed by atoms with E-state index < -0.39 is 0 Å². The summed E-state index contributed by atoms with van der Waals surface area (Å²) in [6.45, 7) is 3.96. The summed E-state index contributed by atoms with van der Waals surface area (Å²) in [5.41, 5.74) is 4.93. The van der Waals surface area contributed by atoms with Crippen LogP contribution in [0.4, 0.5) is 0 Å². The Hall–Kier alpha value is -2.38. The summed E-state index contributed by atoms with van der Waals surface area (Å²) >= 11 is 1.75. The molecule has 3 nitrogen and oxygen atoms in total. The lowest BCUT2D eigenvalue weighted by Gasteiger charge is -2.19. The lowest BCUT2D eigenvalue weighted by Crippen LogP contribution is -2.09. The van der Waals surface area contributed by atoms with Crippen molar-refractivity contribution in [2.24, 2.45) is 0 Å². The molecule has 1 aromatic heterocycles. The van der Waals surface area contributed by atoms with E-state index in [-0.39, 0.29) is 12.0 Å². The summed E-state index contributed by atoms with van der Waals surface area (Å²) in [5, 5.41) is 10.5. The molecule has 1 atom stereocenters. The van der Waals surface area contributed by atoms with Crippen LogP contribution < -0.4 is 0 Å². The number of aryl methyl sites for hydroxylation is 1. The Morgan fingerprint density at radius 2 is 2.19 bits per heavy atom. The van der Waals surface area contributed by atoms with Gasteiger partial charge in [0.15, 0.2) is 0 Å². The van der Waals surface area contributed by atoms with E-state index in [1.807, 2.05) is 32.2 Å². The van der Waals surface area contributed by atoms with Gasteiger partial charge in [-0.3, -0.25) is 0 Å². The molecule has 0 saturated heterocycles. The number of hydrogen-bond acceptors (Lipinski definition) is 4. The van der Waals surface area contributed by atoms with Crippen molar-refractivity contribution in [3.05, 3.63) is 64.0 Å². The fourth-order valence-electron chi connectivity index (χ4n) is 3.76. The standard InChI is InChI=1S/C22H22N2OS/c1-14(2)25-20-10-9-16(11-17(20)12-23)22-24-13-21(26-22)19-8-4-6-15-5-3-7-18(15)19/h4,6,8,10-11,13-14,16H,3,5,7,9H2,1-2H3. The number of ether oxygens (including phenoxy) is 1. The van der Waals surface area contributed by atoms with Crippen molar-refractivity contribution in [1.29, 1.82) is 5.26 Å². The van der Waals surface area contributed by atoms with Gasteiger partial charge in [-0.25, -0.2) is 4.98 Å². The zero-order chi connectivity index (χ0) is 18.1. The number of benzene rings is 1. The van der Waals surface area contributed by atoms with Crippen molar-refractivity contribution in [1.82, 2.24) is 4.98 Å². The van der Waals surface area contributed by atoms with Crippen molar-refractivity contribution in [2.45, 2.75) is 51.6 Å². The molecule has 0 bridgehead atoms. The van der Waals surface area contributed by atoms with Crippen molar-refractivity contribution in [3.63, 3.8) is 0 Å².